The molecule has 184 valence electrons. The second-order valence-corrected chi connectivity index (χ2v) is 8.76. The number of hydrogen-bond acceptors (Lipinski definition) is 3. The zero-order valence-corrected chi connectivity index (χ0v) is 21.1. The summed E-state index contributed by atoms with van der Waals surface area (Å²) >= 11 is 0. The minimum atomic E-state index is -0.214. The van der Waals surface area contributed by atoms with E-state index < -0.39 is 0 Å². The number of unbranched alkanes of at least 4 members (excludes halogenated alkanes) is 14. The van der Waals surface area contributed by atoms with Gasteiger partial charge in [0.2, 0.25) is 0 Å². The summed E-state index contributed by atoms with van der Waals surface area (Å²) in [6.45, 7) is 6.51. The van der Waals surface area contributed by atoms with Crippen LogP contribution in [-0.2, 0) is 9.47 Å². The van der Waals surface area contributed by atoms with Crippen LogP contribution >= 0.6 is 0 Å². The number of nitrogens with two attached hydrogens (primary N) is 1. The van der Waals surface area contributed by atoms with Crippen LogP contribution in [-0.4, -0.2) is 26.0 Å². The lowest BCUT2D eigenvalue weighted by Gasteiger charge is -2.16. The summed E-state index contributed by atoms with van der Waals surface area (Å²) in [6.07, 6.45) is 32.0. The first-order valence-corrected chi connectivity index (χ1v) is 13.6. The quantitative estimate of drug-likeness (QED) is 0.0884. The third-order valence-electron chi connectivity index (χ3n) is 5.64. The maximum absolute atomic E-state index is 5.79. The van der Waals surface area contributed by atoms with E-state index in [1.54, 1.807) is 0 Å². The van der Waals surface area contributed by atoms with Crippen molar-refractivity contribution in [1.82, 2.24) is 0 Å². The third-order valence-corrected chi connectivity index (χ3v) is 5.64. The van der Waals surface area contributed by atoms with Gasteiger partial charge in [-0.1, -0.05) is 109 Å². The summed E-state index contributed by atoms with van der Waals surface area (Å²) in [5.41, 5.74) is 5.77. The Balaban J connectivity index is 3.33. The van der Waals surface area contributed by atoms with Crippen LogP contribution in [0.2, 0.25) is 0 Å². The molecule has 0 amide bonds. The Bertz CT molecular complexity index is 381. The summed E-state index contributed by atoms with van der Waals surface area (Å²) in [6, 6.07) is 0. The van der Waals surface area contributed by atoms with Gasteiger partial charge in [-0.25, -0.2) is 0 Å². The van der Waals surface area contributed by atoms with Gasteiger partial charge in [-0.15, -0.1) is 0 Å². The van der Waals surface area contributed by atoms with Gasteiger partial charge in [-0.2, -0.15) is 0 Å². The molecule has 31 heavy (non-hydrogen) atoms. The molecular formula is C28H55NO2. The minimum absolute atomic E-state index is 0.214. The van der Waals surface area contributed by atoms with Crippen molar-refractivity contribution in [2.45, 2.75) is 136 Å². The molecule has 0 rings (SSSR count). The Morgan fingerprint density at radius 3 is 1.48 bits per heavy atom. The molecule has 1 unspecified atom stereocenters. The van der Waals surface area contributed by atoms with E-state index in [1.165, 1.54) is 96.3 Å². The molecule has 0 aliphatic rings. The summed E-state index contributed by atoms with van der Waals surface area (Å²) < 4.78 is 11.6. The topological polar surface area (TPSA) is 44.5 Å². The van der Waals surface area contributed by atoms with E-state index in [-0.39, 0.29) is 6.29 Å². The highest BCUT2D eigenvalue weighted by Gasteiger charge is 2.06. The van der Waals surface area contributed by atoms with Gasteiger partial charge in [0.15, 0.2) is 6.29 Å². The summed E-state index contributed by atoms with van der Waals surface area (Å²) in [4.78, 5) is 0. The van der Waals surface area contributed by atoms with Crippen LogP contribution in [0.3, 0.4) is 0 Å². The fraction of sp³-hybridized carbons (Fsp3) is 0.857. The molecule has 2 N–H and O–H groups in total. The van der Waals surface area contributed by atoms with E-state index in [1.807, 2.05) is 0 Å². The standard InChI is InChI=1S/C28H55NO2/c1-3-5-7-9-11-12-13-14-15-16-17-18-19-20-22-24-26-31-28(27-29)30-25-23-21-10-8-6-4-2/h11-12,14-15,28H,3-10,13,16-27,29H2,1-2H3/b12-11-,15-14-. The highest BCUT2D eigenvalue weighted by Crippen LogP contribution is 2.09. The van der Waals surface area contributed by atoms with Gasteiger partial charge in [0, 0.05) is 19.8 Å². The molecule has 1 atom stereocenters. The Morgan fingerprint density at radius 2 is 0.968 bits per heavy atom. The van der Waals surface area contributed by atoms with E-state index in [4.69, 9.17) is 15.2 Å². The molecule has 0 aromatic heterocycles. The van der Waals surface area contributed by atoms with Crippen LogP contribution in [0.25, 0.3) is 0 Å². The largest absolute Gasteiger partial charge is 0.351 e. The molecule has 0 bridgehead atoms. The molecule has 0 aromatic rings. The average molecular weight is 438 g/mol. The normalized spacial score (nSPS) is 13.0. The number of ether oxygens (including phenoxy) is 2. The smallest absolute Gasteiger partial charge is 0.169 e. The number of rotatable bonds is 25. The molecule has 0 aliphatic carbocycles. The van der Waals surface area contributed by atoms with Crippen molar-refractivity contribution in [1.29, 1.82) is 0 Å². The Labute approximate surface area is 195 Å². The van der Waals surface area contributed by atoms with Crippen molar-refractivity contribution in [2.24, 2.45) is 5.73 Å². The number of hydrogen-bond donors (Lipinski definition) is 1. The van der Waals surface area contributed by atoms with Crippen molar-refractivity contribution >= 4 is 0 Å². The van der Waals surface area contributed by atoms with Gasteiger partial charge in [0.1, 0.15) is 0 Å². The summed E-state index contributed by atoms with van der Waals surface area (Å²) in [5, 5.41) is 0. The monoisotopic (exact) mass is 437 g/mol. The summed E-state index contributed by atoms with van der Waals surface area (Å²) in [5.74, 6) is 0. The second-order valence-electron chi connectivity index (χ2n) is 8.76. The molecule has 0 fully saturated rings. The average Bonchev–Trinajstić information content (AvgIpc) is 2.79. The molecule has 3 heteroatoms. The predicted octanol–water partition coefficient (Wildman–Crippen LogP) is 8.48. The first-order valence-electron chi connectivity index (χ1n) is 13.6. The van der Waals surface area contributed by atoms with Gasteiger partial charge in [0.25, 0.3) is 0 Å². The van der Waals surface area contributed by atoms with Crippen LogP contribution in [0.4, 0.5) is 0 Å². The van der Waals surface area contributed by atoms with Crippen molar-refractivity contribution in [2.75, 3.05) is 19.8 Å². The predicted molar refractivity (Wildman–Crippen MR) is 137 cm³/mol. The lowest BCUT2D eigenvalue weighted by molar-refractivity contribution is -0.137. The first kappa shape index (κ1) is 30.4. The Hall–Kier alpha value is -0.640. The lowest BCUT2D eigenvalue weighted by Crippen LogP contribution is -2.27. The molecule has 0 radical (unpaired) electrons. The van der Waals surface area contributed by atoms with Crippen LogP contribution in [0, 0.1) is 0 Å². The van der Waals surface area contributed by atoms with Gasteiger partial charge in [-0.3, -0.25) is 0 Å². The van der Waals surface area contributed by atoms with Gasteiger partial charge in [-0.05, 0) is 44.9 Å². The third kappa shape index (κ3) is 25.5. The second kappa shape index (κ2) is 27.4. The molecular weight excluding hydrogens is 382 g/mol. The van der Waals surface area contributed by atoms with E-state index in [2.05, 4.69) is 38.2 Å². The van der Waals surface area contributed by atoms with Crippen molar-refractivity contribution in [3.63, 3.8) is 0 Å². The SMILES string of the molecule is CCCCC/C=C\C/C=C\CCCCCCCCOC(CN)OCCCCCCCC. The van der Waals surface area contributed by atoms with E-state index in [9.17, 15) is 0 Å². The number of allylic oxidation sites excluding steroid dienone is 4. The van der Waals surface area contributed by atoms with Crippen molar-refractivity contribution in [3.05, 3.63) is 24.3 Å². The maximum atomic E-state index is 5.79. The molecule has 0 aromatic carbocycles. The van der Waals surface area contributed by atoms with Gasteiger partial charge in [0.05, 0.1) is 0 Å². The lowest BCUT2D eigenvalue weighted by atomic mass is 10.1. The summed E-state index contributed by atoms with van der Waals surface area (Å²) in [7, 11) is 0. The zero-order valence-electron chi connectivity index (χ0n) is 21.1. The fourth-order valence-electron chi connectivity index (χ4n) is 3.59. The van der Waals surface area contributed by atoms with Crippen LogP contribution in [0.1, 0.15) is 129 Å². The van der Waals surface area contributed by atoms with Gasteiger partial charge >= 0.3 is 0 Å². The van der Waals surface area contributed by atoms with Crippen LogP contribution in [0.15, 0.2) is 24.3 Å². The first-order chi connectivity index (χ1) is 15.3. The highest BCUT2D eigenvalue weighted by atomic mass is 16.7. The fourth-order valence-corrected chi connectivity index (χ4v) is 3.59. The Morgan fingerprint density at radius 1 is 0.548 bits per heavy atom. The van der Waals surface area contributed by atoms with E-state index >= 15 is 0 Å². The van der Waals surface area contributed by atoms with Gasteiger partial charge < -0.3 is 15.2 Å². The zero-order chi connectivity index (χ0) is 22.7. The highest BCUT2D eigenvalue weighted by molar-refractivity contribution is 4.92. The molecule has 0 aliphatic heterocycles. The molecule has 0 spiro atoms. The molecule has 0 saturated carbocycles. The van der Waals surface area contributed by atoms with E-state index in [0.29, 0.717) is 6.54 Å². The van der Waals surface area contributed by atoms with Crippen LogP contribution in [0.5, 0.6) is 0 Å². The Kier molecular flexibility index (Phi) is 26.8. The van der Waals surface area contributed by atoms with E-state index in [0.717, 1.165) is 32.5 Å². The van der Waals surface area contributed by atoms with Crippen LogP contribution < -0.4 is 5.73 Å². The molecule has 0 saturated heterocycles. The minimum Gasteiger partial charge on any atom is -0.351 e. The molecule has 3 nitrogen and oxygen atoms in total. The molecule has 0 heterocycles. The maximum Gasteiger partial charge on any atom is 0.169 e. The van der Waals surface area contributed by atoms with Crippen molar-refractivity contribution in [3.8, 4) is 0 Å². The van der Waals surface area contributed by atoms with Crippen molar-refractivity contribution < 1.29 is 9.47 Å².